The van der Waals surface area contributed by atoms with Crippen molar-refractivity contribution in [2.24, 2.45) is 0 Å². The van der Waals surface area contributed by atoms with E-state index in [0.717, 1.165) is 13.2 Å². The Morgan fingerprint density at radius 3 is 2.56 bits per heavy atom. The normalized spacial score (nSPS) is 11.2. The average molecular weight is 330 g/mol. The van der Waals surface area contributed by atoms with Gasteiger partial charge in [-0.2, -0.15) is 0 Å². The molecule has 0 unspecified atom stereocenters. The number of esters is 1. The zero-order chi connectivity index (χ0) is 13.9. The van der Waals surface area contributed by atoms with Crippen LogP contribution in [0.15, 0.2) is 10.9 Å². The maximum Gasteiger partial charge on any atom is 0.574 e. The maximum atomic E-state index is 12.1. The van der Waals surface area contributed by atoms with Crippen molar-refractivity contribution in [2.75, 3.05) is 7.11 Å². The summed E-state index contributed by atoms with van der Waals surface area (Å²) < 4.78 is 44.3. The van der Waals surface area contributed by atoms with Gasteiger partial charge in [0, 0.05) is 17.1 Å². The number of ether oxygens (including phenoxy) is 2. The molecule has 0 aliphatic carbocycles. The molecule has 5 nitrogen and oxygen atoms in total. The molecule has 0 amide bonds. The minimum absolute atomic E-state index is 0.0951. The Labute approximate surface area is 107 Å². The van der Waals surface area contributed by atoms with Crippen LogP contribution in [0.4, 0.5) is 13.2 Å². The van der Waals surface area contributed by atoms with E-state index in [1.165, 1.54) is 0 Å². The van der Waals surface area contributed by atoms with Crippen LogP contribution in [-0.2, 0) is 10.1 Å². The molecule has 9 heteroatoms. The van der Waals surface area contributed by atoms with Gasteiger partial charge in [-0.1, -0.05) is 15.9 Å². The third-order valence-corrected chi connectivity index (χ3v) is 2.41. The Balaban J connectivity index is 3.39. The average Bonchev–Trinajstić information content (AvgIpc) is 2.25. The molecule has 0 saturated heterocycles. The van der Waals surface area contributed by atoms with E-state index in [9.17, 15) is 22.8 Å². The molecule has 0 aliphatic heterocycles. The number of carbonyl (C=O) groups is 1. The number of hydrogen-bond acceptors (Lipinski definition) is 4. The lowest BCUT2D eigenvalue weighted by molar-refractivity contribution is -0.276. The fourth-order valence-electron chi connectivity index (χ4n) is 1.15. The number of hydrogen-bond donors (Lipinski definition) is 1. The first-order valence-electron chi connectivity index (χ1n) is 4.44. The highest BCUT2D eigenvalue weighted by molar-refractivity contribution is 9.08. The van der Waals surface area contributed by atoms with Crippen molar-refractivity contribution >= 4 is 21.9 Å². The van der Waals surface area contributed by atoms with Crippen LogP contribution < -0.4 is 10.2 Å². The highest BCUT2D eigenvalue weighted by Gasteiger charge is 2.34. The summed E-state index contributed by atoms with van der Waals surface area (Å²) in [6, 6.07) is 0.976. The molecule has 0 spiro atoms. The van der Waals surface area contributed by atoms with Gasteiger partial charge < -0.3 is 14.5 Å². The summed E-state index contributed by atoms with van der Waals surface area (Å²) in [4.78, 5) is 24.9. The Morgan fingerprint density at radius 1 is 1.50 bits per heavy atom. The summed E-state index contributed by atoms with van der Waals surface area (Å²) in [5.41, 5.74) is -1.62. The quantitative estimate of drug-likeness (QED) is 0.680. The second-order valence-electron chi connectivity index (χ2n) is 3.04. The van der Waals surface area contributed by atoms with E-state index >= 15 is 0 Å². The number of alkyl halides is 4. The maximum absolute atomic E-state index is 12.1. The first-order valence-corrected chi connectivity index (χ1v) is 5.57. The summed E-state index contributed by atoms with van der Waals surface area (Å²) in [6.45, 7) is 0. The van der Waals surface area contributed by atoms with Gasteiger partial charge in [-0.3, -0.25) is 4.79 Å². The molecular formula is C9H7BrF3NO4. The van der Waals surface area contributed by atoms with Crippen molar-refractivity contribution in [1.29, 1.82) is 0 Å². The predicted octanol–water partition coefficient (Wildman–Crippen LogP) is 1.96. The van der Waals surface area contributed by atoms with Crippen LogP contribution in [0.5, 0.6) is 5.88 Å². The van der Waals surface area contributed by atoms with Gasteiger partial charge in [-0.25, -0.2) is 4.79 Å². The fraction of sp³-hybridized carbons (Fsp3) is 0.333. The molecule has 18 heavy (non-hydrogen) atoms. The molecule has 1 aromatic heterocycles. The fourth-order valence-corrected chi connectivity index (χ4v) is 1.45. The first kappa shape index (κ1) is 14.6. The molecule has 1 heterocycles. The first-order chi connectivity index (χ1) is 8.28. The molecular weight excluding hydrogens is 323 g/mol. The van der Waals surface area contributed by atoms with Gasteiger partial charge in [-0.05, 0) is 0 Å². The van der Waals surface area contributed by atoms with Crippen LogP contribution >= 0.6 is 15.9 Å². The van der Waals surface area contributed by atoms with Crippen LogP contribution in [0.25, 0.3) is 0 Å². The molecule has 1 N–H and O–H groups in total. The van der Waals surface area contributed by atoms with Crippen molar-refractivity contribution in [2.45, 2.75) is 11.7 Å². The smallest absolute Gasteiger partial charge is 0.465 e. The van der Waals surface area contributed by atoms with Gasteiger partial charge in [0.25, 0.3) is 0 Å². The zero-order valence-electron chi connectivity index (χ0n) is 8.93. The van der Waals surface area contributed by atoms with Crippen molar-refractivity contribution in [1.82, 2.24) is 4.98 Å². The van der Waals surface area contributed by atoms with Crippen LogP contribution in [0.3, 0.4) is 0 Å². The highest BCUT2D eigenvalue weighted by Crippen LogP contribution is 2.23. The van der Waals surface area contributed by atoms with E-state index in [-0.39, 0.29) is 11.0 Å². The van der Waals surface area contributed by atoms with Gasteiger partial charge in [0.2, 0.25) is 5.88 Å². The standard InChI is InChI=1S/C9H7BrF3NO4/c1-17-8(16)6-5(15)2-4(3-10)14-7(6)18-9(11,12)13/h2H,3H2,1H3,(H,14,15). The lowest BCUT2D eigenvalue weighted by Gasteiger charge is -2.12. The van der Waals surface area contributed by atoms with Gasteiger partial charge in [-0.15, -0.1) is 13.2 Å². The minimum atomic E-state index is -5.03. The van der Waals surface area contributed by atoms with Crippen molar-refractivity contribution in [3.8, 4) is 5.88 Å². The summed E-state index contributed by atoms with van der Waals surface area (Å²) in [7, 11) is 0.942. The molecule has 0 aromatic carbocycles. The Kier molecular flexibility index (Phi) is 4.38. The third kappa shape index (κ3) is 3.49. The van der Waals surface area contributed by atoms with Gasteiger partial charge in [0.15, 0.2) is 11.0 Å². The van der Waals surface area contributed by atoms with E-state index in [0.29, 0.717) is 0 Å². The largest absolute Gasteiger partial charge is 0.574 e. The number of aromatic amines is 1. The Hall–Kier alpha value is -1.51. The number of rotatable bonds is 3. The van der Waals surface area contributed by atoms with Crippen molar-refractivity contribution in [3.05, 3.63) is 27.5 Å². The van der Waals surface area contributed by atoms with E-state index in [1.807, 2.05) is 0 Å². The van der Waals surface area contributed by atoms with E-state index in [2.05, 4.69) is 30.4 Å². The van der Waals surface area contributed by atoms with E-state index < -0.39 is 29.2 Å². The van der Waals surface area contributed by atoms with Gasteiger partial charge >= 0.3 is 12.3 Å². The molecule has 0 atom stereocenters. The van der Waals surface area contributed by atoms with Crippen LogP contribution in [0.1, 0.15) is 16.1 Å². The number of aromatic nitrogens is 1. The summed E-state index contributed by atoms with van der Waals surface area (Å²) in [6.07, 6.45) is -5.03. The lowest BCUT2D eigenvalue weighted by Crippen LogP contribution is -2.25. The molecule has 0 fully saturated rings. The van der Waals surface area contributed by atoms with Crippen molar-refractivity contribution < 1.29 is 27.4 Å². The van der Waals surface area contributed by atoms with Crippen LogP contribution in [0, 0.1) is 0 Å². The second-order valence-corrected chi connectivity index (χ2v) is 3.60. The summed E-state index contributed by atoms with van der Waals surface area (Å²) >= 11 is 2.96. The topological polar surface area (TPSA) is 68.4 Å². The number of halogens is 4. The van der Waals surface area contributed by atoms with Crippen LogP contribution in [-0.4, -0.2) is 24.4 Å². The molecule has 0 bridgehead atoms. The van der Waals surface area contributed by atoms with Gasteiger partial charge in [0.1, 0.15) is 0 Å². The SMILES string of the molecule is COC(=O)c1c(OC(F)(F)F)[nH]c(CBr)cc1=O. The molecule has 1 aromatic rings. The Morgan fingerprint density at radius 2 is 2.11 bits per heavy atom. The summed E-state index contributed by atoms with van der Waals surface area (Å²) in [5, 5.41) is 0.0951. The predicted molar refractivity (Wildman–Crippen MR) is 57.7 cm³/mol. The van der Waals surface area contributed by atoms with Crippen molar-refractivity contribution in [3.63, 3.8) is 0 Å². The zero-order valence-corrected chi connectivity index (χ0v) is 10.5. The van der Waals surface area contributed by atoms with E-state index in [4.69, 9.17) is 0 Å². The van der Waals surface area contributed by atoms with Gasteiger partial charge in [0.05, 0.1) is 7.11 Å². The number of methoxy groups -OCH3 is 1. The molecule has 100 valence electrons. The molecule has 0 radical (unpaired) electrons. The lowest BCUT2D eigenvalue weighted by atomic mass is 10.2. The molecule has 0 saturated carbocycles. The molecule has 0 aliphatic rings. The second kappa shape index (κ2) is 5.42. The minimum Gasteiger partial charge on any atom is -0.465 e. The number of pyridine rings is 1. The van der Waals surface area contributed by atoms with E-state index in [1.54, 1.807) is 0 Å². The highest BCUT2D eigenvalue weighted by atomic mass is 79.9. The molecule has 1 rings (SSSR count). The number of carbonyl (C=O) groups excluding carboxylic acids is 1. The summed E-state index contributed by atoms with van der Waals surface area (Å²) in [5.74, 6) is -2.20. The number of H-pyrrole nitrogens is 1. The van der Waals surface area contributed by atoms with Crippen LogP contribution in [0.2, 0.25) is 0 Å². The number of nitrogens with one attached hydrogen (secondary N) is 1. The Bertz CT molecular complexity index is 512. The third-order valence-electron chi connectivity index (χ3n) is 1.80. The monoisotopic (exact) mass is 329 g/mol.